The standard InChI is InChI=1S/C8H19NO7S/c10-3-7-15-5-1-9(17(12,13)14)2-6-16-8-4-11/h10-11H,1-8H2,(H,12,13,14). The monoisotopic (exact) mass is 273 g/mol. The average Bonchev–Trinajstić information content (AvgIpc) is 2.25. The first-order chi connectivity index (χ1) is 8.02. The highest BCUT2D eigenvalue weighted by Gasteiger charge is 2.17. The summed E-state index contributed by atoms with van der Waals surface area (Å²) in [6, 6.07) is 0. The van der Waals surface area contributed by atoms with E-state index >= 15 is 0 Å². The Morgan fingerprint density at radius 2 is 1.29 bits per heavy atom. The van der Waals surface area contributed by atoms with Gasteiger partial charge in [0.25, 0.3) is 0 Å². The first-order valence-electron chi connectivity index (χ1n) is 5.12. The molecular weight excluding hydrogens is 254 g/mol. The van der Waals surface area contributed by atoms with Gasteiger partial charge < -0.3 is 19.7 Å². The van der Waals surface area contributed by atoms with Crippen molar-refractivity contribution in [1.82, 2.24) is 4.31 Å². The summed E-state index contributed by atoms with van der Waals surface area (Å²) in [6.07, 6.45) is 0. The van der Waals surface area contributed by atoms with Crippen LogP contribution in [0.25, 0.3) is 0 Å². The fraction of sp³-hybridized carbons (Fsp3) is 1.00. The van der Waals surface area contributed by atoms with E-state index < -0.39 is 10.3 Å². The SMILES string of the molecule is O=S(=O)(O)N(CCOCCO)CCOCCO. The van der Waals surface area contributed by atoms with E-state index in [2.05, 4.69) is 0 Å². The van der Waals surface area contributed by atoms with Gasteiger partial charge in [-0.3, -0.25) is 4.55 Å². The highest BCUT2D eigenvalue weighted by atomic mass is 32.2. The number of ether oxygens (including phenoxy) is 2. The number of rotatable bonds is 11. The molecule has 0 amide bonds. The summed E-state index contributed by atoms with van der Waals surface area (Å²) in [4.78, 5) is 0. The second kappa shape index (κ2) is 9.71. The molecule has 0 aliphatic heterocycles. The van der Waals surface area contributed by atoms with Crippen LogP contribution in [0.5, 0.6) is 0 Å². The second-order valence-corrected chi connectivity index (χ2v) is 4.46. The minimum Gasteiger partial charge on any atom is -0.394 e. The molecule has 0 aliphatic rings. The quantitative estimate of drug-likeness (QED) is 0.297. The van der Waals surface area contributed by atoms with Gasteiger partial charge in [-0.25, -0.2) is 0 Å². The molecule has 0 bridgehead atoms. The molecule has 0 radical (unpaired) electrons. The fourth-order valence-electron chi connectivity index (χ4n) is 1.01. The van der Waals surface area contributed by atoms with Crippen molar-refractivity contribution in [2.24, 2.45) is 0 Å². The van der Waals surface area contributed by atoms with Gasteiger partial charge in [-0.05, 0) is 0 Å². The third-order valence-electron chi connectivity index (χ3n) is 1.77. The molecule has 0 aromatic heterocycles. The van der Waals surface area contributed by atoms with Crippen molar-refractivity contribution in [2.45, 2.75) is 0 Å². The Kier molecular flexibility index (Phi) is 9.55. The van der Waals surface area contributed by atoms with E-state index in [9.17, 15) is 8.42 Å². The summed E-state index contributed by atoms with van der Waals surface area (Å²) < 4.78 is 41.3. The van der Waals surface area contributed by atoms with E-state index in [1.165, 1.54) is 0 Å². The number of aliphatic hydroxyl groups is 2. The predicted octanol–water partition coefficient (Wildman–Crippen LogP) is -1.89. The zero-order chi connectivity index (χ0) is 13.1. The van der Waals surface area contributed by atoms with E-state index in [0.717, 1.165) is 4.31 Å². The van der Waals surface area contributed by atoms with Crippen LogP contribution >= 0.6 is 0 Å². The maximum absolute atomic E-state index is 10.9. The fourth-order valence-corrected chi connectivity index (χ4v) is 1.62. The molecular formula is C8H19NO7S. The topological polar surface area (TPSA) is 117 Å². The molecule has 0 unspecified atom stereocenters. The minimum absolute atomic E-state index is 0.0265. The van der Waals surface area contributed by atoms with Crippen molar-refractivity contribution in [3.8, 4) is 0 Å². The molecule has 0 fully saturated rings. The number of hydrogen-bond donors (Lipinski definition) is 3. The van der Waals surface area contributed by atoms with Crippen LogP contribution < -0.4 is 0 Å². The van der Waals surface area contributed by atoms with Crippen molar-refractivity contribution in [2.75, 3.05) is 52.7 Å². The van der Waals surface area contributed by atoms with Crippen LogP contribution in [0.4, 0.5) is 0 Å². The third-order valence-corrected chi connectivity index (χ3v) is 2.79. The Balaban J connectivity index is 3.90. The highest BCUT2D eigenvalue weighted by molar-refractivity contribution is 7.83. The van der Waals surface area contributed by atoms with Crippen LogP contribution in [-0.2, 0) is 19.8 Å². The van der Waals surface area contributed by atoms with Gasteiger partial charge in [0.1, 0.15) is 0 Å². The van der Waals surface area contributed by atoms with Crippen molar-refractivity contribution < 1.29 is 32.7 Å². The minimum atomic E-state index is -4.29. The van der Waals surface area contributed by atoms with Crippen molar-refractivity contribution >= 4 is 10.3 Å². The lowest BCUT2D eigenvalue weighted by Gasteiger charge is -2.18. The zero-order valence-corrected chi connectivity index (χ0v) is 10.3. The van der Waals surface area contributed by atoms with E-state index in [1.807, 2.05) is 0 Å². The van der Waals surface area contributed by atoms with Crippen LogP contribution in [-0.4, -0.2) is 80.2 Å². The number of hydrogen-bond acceptors (Lipinski definition) is 6. The van der Waals surface area contributed by atoms with Gasteiger partial charge in [0.05, 0.1) is 39.6 Å². The summed E-state index contributed by atoms with van der Waals surface area (Å²) in [5.41, 5.74) is 0. The number of nitrogens with zero attached hydrogens (tertiary/aromatic N) is 1. The van der Waals surface area contributed by atoms with E-state index in [1.54, 1.807) is 0 Å². The molecule has 0 atom stereocenters. The van der Waals surface area contributed by atoms with Crippen LogP contribution in [0.2, 0.25) is 0 Å². The zero-order valence-electron chi connectivity index (χ0n) is 9.49. The molecule has 3 N–H and O–H groups in total. The van der Waals surface area contributed by atoms with Crippen molar-refractivity contribution in [3.63, 3.8) is 0 Å². The van der Waals surface area contributed by atoms with Crippen LogP contribution in [0.3, 0.4) is 0 Å². The van der Waals surface area contributed by atoms with Gasteiger partial charge in [-0.15, -0.1) is 0 Å². The molecule has 0 aromatic rings. The van der Waals surface area contributed by atoms with Crippen molar-refractivity contribution in [1.29, 1.82) is 0 Å². The smallest absolute Gasteiger partial charge is 0.336 e. The van der Waals surface area contributed by atoms with Gasteiger partial charge >= 0.3 is 10.3 Å². The molecule has 0 rings (SSSR count). The molecule has 17 heavy (non-hydrogen) atoms. The maximum Gasteiger partial charge on any atom is 0.336 e. The molecule has 0 aromatic carbocycles. The lowest BCUT2D eigenvalue weighted by molar-refractivity contribution is 0.0670. The van der Waals surface area contributed by atoms with Gasteiger partial charge in [0, 0.05) is 13.1 Å². The van der Waals surface area contributed by atoms with Gasteiger partial charge in [0.15, 0.2) is 0 Å². The Labute approximate surface area is 101 Å². The summed E-state index contributed by atoms with van der Waals surface area (Å²) >= 11 is 0. The Morgan fingerprint density at radius 1 is 0.882 bits per heavy atom. The largest absolute Gasteiger partial charge is 0.394 e. The average molecular weight is 273 g/mol. The second-order valence-electron chi connectivity index (χ2n) is 3.05. The van der Waals surface area contributed by atoms with Gasteiger partial charge in [0.2, 0.25) is 0 Å². The molecule has 0 spiro atoms. The molecule has 0 saturated heterocycles. The normalized spacial score (nSPS) is 12.2. The Morgan fingerprint density at radius 3 is 1.59 bits per heavy atom. The van der Waals surface area contributed by atoms with Crippen molar-refractivity contribution in [3.05, 3.63) is 0 Å². The van der Waals surface area contributed by atoms with E-state index in [0.29, 0.717) is 0 Å². The van der Waals surface area contributed by atoms with Gasteiger partial charge in [-0.1, -0.05) is 0 Å². The maximum atomic E-state index is 10.9. The lowest BCUT2D eigenvalue weighted by atomic mass is 10.6. The van der Waals surface area contributed by atoms with Crippen LogP contribution in [0.15, 0.2) is 0 Å². The molecule has 0 saturated carbocycles. The molecule has 0 heterocycles. The third kappa shape index (κ3) is 9.41. The summed E-state index contributed by atoms with van der Waals surface area (Å²) in [6.45, 7) is 0.0148. The predicted molar refractivity (Wildman–Crippen MR) is 58.9 cm³/mol. The summed E-state index contributed by atoms with van der Waals surface area (Å²) in [5, 5.41) is 16.9. The molecule has 8 nitrogen and oxygen atoms in total. The Hall–Kier alpha value is -0.290. The highest BCUT2D eigenvalue weighted by Crippen LogP contribution is 1.97. The molecule has 104 valence electrons. The van der Waals surface area contributed by atoms with E-state index in [-0.39, 0.29) is 52.7 Å². The lowest BCUT2D eigenvalue weighted by Crippen LogP contribution is -2.36. The van der Waals surface area contributed by atoms with Crippen LogP contribution in [0, 0.1) is 0 Å². The van der Waals surface area contributed by atoms with Gasteiger partial charge in [-0.2, -0.15) is 12.7 Å². The summed E-state index contributed by atoms with van der Waals surface area (Å²) in [5.74, 6) is 0. The number of aliphatic hydroxyl groups excluding tert-OH is 2. The van der Waals surface area contributed by atoms with E-state index in [4.69, 9.17) is 24.2 Å². The first kappa shape index (κ1) is 16.7. The molecule has 9 heteroatoms. The Bertz CT molecular complexity index is 257. The molecule has 0 aliphatic carbocycles. The van der Waals surface area contributed by atoms with Crippen LogP contribution in [0.1, 0.15) is 0 Å². The first-order valence-corrected chi connectivity index (χ1v) is 6.52. The summed E-state index contributed by atoms with van der Waals surface area (Å²) in [7, 11) is -4.29.